The van der Waals surface area contributed by atoms with Crippen LogP contribution in [-0.4, -0.2) is 33.5 Å². The zero-order chi connectivity index (χ0) is 18.4. The highest BCUT2D eigenvalue weighted by Gasteiger charge is 2.24. The quantitative estimate of drug-likeness (QED) is 0.832. The number of aliphatic hydroxyl groups is 1. The van der Waals surface area contributed by atoms with Crippen LogP contribution in [0, 0.1) is 11.3 Å². The first-order valence-corrected chi connectivity index (χ1v) is 7.61. The number of methoxy groups -OCH3 is 4. The van der Waals surface area contributed by atoms with E-state index in [2.05, 4.69) is 6.07 Å². The summed E-state index contributed by atoms with van der Waals surface area (Å²) in [6.45, 7) is 0. The van der Waals surface area contributed by atoms with Crippen LogP contribution in [0.25, 0.3) is 0 Å². The van der Waals surface area contributed by atoms with Gasteiger partial charge in [-0.3, -0.25) is 0 Å². The smallest absolute Gasteiger partial charge is 0.167 e. The van der Waals surface area contributed by atoms with Crippen molar-refractivity contribution in [3.8, 4) is 29.1 Å². The van der Waals surface area contributed by atoms with Gasteiger partial charge in [-0.25, -0.2) is 0 Å². The van der Waals surface area contributed by atoms with Gasteiger partial charge in [-0.1, -0.05) is 12.1 Å². The lowest BCUT2D eigenvalue weighted by Crippen LogP contribution is -2.08. The molecule has 0 amide bonds. The van der Waals surface area contributed by atoms with E-state index in [4.69, 9.17) is 24.2 Å². The second-order valence-corrected chi connectivity index (χ2v) is 5.23. The number of ether oxygens (including phenoxy) is 4. The normalized spacial score (nSPS) is 11.4. The summed E-state index contributed by atoms with van der Waals surface area (Å²) < 4.78 is 21.3. The maximum absolute atomic E-state index is 11.0. The molecular formula is C19H21NO5. The molecule has 0 aliphatic carbocycles. The van der Waals surface area contributed by atoms with Gasteiger partial charge in [0.15, 0.2) is 23.0 Å². The first-order valence-electron chi connectivity index (χ1n) is 7.61. The minimum Gasteiger partial charge on any atom is -0.493 e. The minimum atomic E-state index is -1.02. The third kappa shape index (κ3) is 3.62. The van der Waals surface area contributed by atoms with Crippen molar-refractivity contribution in [1.82, 2.24) is 0 Å². The Balaban J connectivity index is 2.61. The summed E-state index contributed by atoms with van der Waals surface area (Å²) in [5.41, 5.74) is 1.75. The topological polar surface area (TPSA) is 80.9 Å². The molecule has 25 heavy (non-hydrogen) atoms. The summed E-state index contributed by atoms with van der Waals surface area (Å²) in [5.74, 6) is 1.95. The molecule has 0 aliphatic rings. The largest absolute Gasteiger partial charge is 0.493 e. The van der Waals surface area contributed by atoms with Crippen LogP contribution in [-0.2, 0) is 6.42 Å². The maximum Gasteiger partial charge on any atom is 0.167 e. The Labute approximate surface area is 147 Å². The van der Waals surface area contributed by atoms with Gasteiger partial charge in [0.1, 0.15) is 6.10 Å². The molecule has 1 atom stereocenters. The fraction of sp³-hybridized carbons (Fsp3) is 0.316. The van der Waals surface area contributed by atoms with Gasteiger partial charge in [0.25, 0.3) is 0 Å². The molecule has 2 aromatic carbocycles. The molecular weight excluding hydrogens is 322 g/mol. The molecule has 2 rings (SSSR count). The van der Waals surface area contributed by atoms with E-state index >= 15 is 0 Å². The van der Waals surface area contributed by atoms with Crippen LogP contribution in [0.5, 0.6) is 23.0 Å². The van der Waals surface area contributed by atoms with E-state index in [1.165, 1.54) is 21.3 Å². The van der Waals surface area contributed by atoms with Crippen molar-refractivity contribution in [3.05, 3.63) is 47.0 Å². The van der Waals surface area contributed by atoms with Crippen LogP contribution in [0.2, 0.25) is 0 Å². The lowest BCUT2D eigenvalue weighted by Gasteiger charge is -2.21. The maximum atomic E-state index is 11.0. The molecule has 0 saturated heterocycles. The Kier molecular flexibility index (Phi) is 6.09. The van der Waals surface area contributed by atoms with Gasteiger partial charge in [-0.2, -0.15) is 5.26 Å². The predicted molar refractivity (Wildman–Crippen MR) is 92.5 cm³/mol. The third-order valence-corrected chi connectivity index (χ3v) is 3.94. The Morgan fingerprint density at radius 2 is 1.56 bits per heavy atom. The molecule has 0 aromatic heterocycles. The van der Waals surface area contributed by atoms with Crippen molar-refractivity contribution >= 4 is 0 Å². The molecule has 6 nitrogen and oxygen atoms in total. The molecule has 0 heterocycles. The zero-order valence-electron chi connectivity index (χ0n) is 14.7. The molecule has 0 aliphatic heterocycles. The van der Waals surface area contributed by atoms with Crippen molar-refractivity contribution in [2.75, 3.05) is 28.4 Å². The number of nitriles is 1. The van der Waals surface area contributed by atoms with Crippen LogP contribution in [0.15, 0.2) is 30.3 Å². The molecule has 0 bridgehead atoms. The molecule has 2 aromatic rings. The van der Waals surface area contributed by atoms with Crippen molar-refractivity contribution in [2.24, 2.45) is 0 Å². The van der Waals surface area contributed by atoms with Gasteiger partial charge in [-0.05, 0) is 29.3 Å². The van der Waals surface area contributed by atoms with Crippen LogP contribution < -0.4 is 18.9 Å². The van der Waals surface area contributed by atoms with Crippen molar-refractivity contribution < 1.29 is 24.1 Å². The molecule has 0 spiro atoms. The number of hydrogen-bond acceptors (Lipinski definition) is 6. The third-order valence-electron chi connectivity index (χ3n) is 3.94. The first-order chi connectivity index (χ1) is 12.1. The lowest BCUT2D eigenvalue weighted by molar-refractivity contribution is 0.211. The Morgan fingerprint density at radius 3 is 2.12 bits per heavy atom. The highest BCUT2D eigenvalue weighted by atomic mass is 16.5. The van der Waals surface area contributed by atoms with Crippen LogP contribution in [0.3, 0.4) is 0 Å². The second-order valence-electron chi connectivity index (χ2n) is 5.23. The first kappa shape index (κ1) is 18.4. The SMILES string of the molecule is COc1ccc(C(O)c2c(CC#N)ccc(OC)c2OC)cc1OC. The van der Waals surface area contributed by atoms with Crippen molar-refractivity contribution in [2.45, 2.75) is 12.5 Å². The van der Waals surface area contributed by atoms with Gasteiger partial charge in [0.05, 0.1) is 40.9 Å². The van der Waals surface area contributed by atoms with E-state index in [0.29, 0.717) is 39.7 Å². The van der Waals surface area contributed by atoms with Gasteiger partial charge in [-0.15, -0.1) is 0 Å². The predicted octanol–water partition coefficient (Wildman–Crippen LogP) is 2.87. The Morgan fingerprint density at radius 1 is 0.920 bits per heavy atom. The molecule has 1 unspecified atom stereocenters. The standard InChI is InChI=1S/C19H21NO5/c1-22-14-7-6-13(11-16(14)24-3)18(21)17-12(9-10-20)5-8-15(23-2)19(17)25-4/h5-8,11,18,21H,9H2,1-4H3. The van der Waals surface area contributed by atoms with Gasteiger partial charge in [0, 0.05) is 5.56 Å². The fourth-order valence-electron chi connectivity index (χ4n) is 2.72. The van der Waals surface area contributed by atoms with Crippen LogP contribution >= 0.6 is 0 Å². The zero-order valence-corrected chi connectivity index (χ0v) is 14.7. The Hall–Kier alpha value is -2.91. The molecule has 6 heteroatoms. The van der Waals surface area contributed by atoms with Crippen molar-refractivity contribution in [3.63, 3.8) is 0 Å². The lowest BCUT2D eigenvalue weighted by atomic mass is 9.93. The van der Waals surface area contributed by atoms with Gasteiger partial charge in [0.2, 0.25) is 0 Å². The highest BCUT2D eigenvalue weighted by Crippen LogP contribution is 2.41. The number of aliphatic hydroxyl groups excluding tert-OH is 1. The van der Waals surface area contributed by atoms with E-state index in [1.54, 1.807) is 37.4 Å². The average molecular weight is 343 g/mol. The molecule has 0 radical (unpaired) electrons. The summed E-state index contributed by atoms with van der Waals surface area (Å²) in [5, 5.41) is 20.1. The number of hydrogen-bond donors (Lipinski definition) is 1. The number of nitrogens with zero attached hydrogens (tertiary/aromatic N) is 1. The monoisotopic (exact) mass is 343 g/mol. The summed E-state index contributed by atoms with van der Waals surface area (Å²) in [7, 11) is 6.10. The average Bonchev–Trinajstić information content (AvgIpc) is 2.66. The fourth-order valence-corrected chi connectivity index (χ4v) is 2.72. The van der Waals surface area contributed by atoms with Crippen molar-refractivity contribution in [1.29, 1.82) is 5.26 Å². The van der Waals surface area contributed by atoms with E-state index in [0.717, 1.165) is 0 Å². The van der Waals surface area contributed by atoms with E-state index < -0.39 is 6.10 Å². The van der Waals surface area contributed by atoms with Gasteiger partial charge < -0.3 is 24.1 Å². The number of rotatable bonds is 7. The van der Waals surface area contributed by atoms with E-state index in [-0.39, 0.29) is 6.42 Å². The van der Waals surface area contributed by atoms with E-state index in [1.807, 2.05) is 0 Å². The summed E-state index contributed by atoms with van der Waals surface area (Å²) in [4.78, 5) is 0. The summed E-state index contributed by atoms with van der Waals surface area (Å²) in [6, 6.07) is 10.7. The second kappa shape index (κ2) is 8.27. The molecule has 132 valence electrons. The summed E-state index contributed by atoms with van der Waals surface area (Å²) in [6.07, 6.45) is -0.881. The van der Waals surface area contributed by atoms with Crippen LogP contribution in [0.4, 0.5) is 0 Å². The van der Waals surface area contributed by atoms with E-state index in [9.17, 15) is 5.11 Å². The molecule has 0 fully saturated rings. The molecule has 0 saturated carbocycles. The minimum absolute atomic E-state index is 0.139. The summed E-state index contributed by atoms with van der Waals surface area (Å²) >= 11 is 0. The Bertz CT molecular complexity index is 782. The van der Waals surface area contributed by atoms with Crippen LogP contribution in [0.1, 0.15) is 22.8 Å². The highest BCUT2D eigenvalue weighted by molar-refractivity contribution is 5.56. The number of benzene rings is 2. The van der Waals surface area contributed by atoms with Gasteiger partial charge >= 0.3 is 0 Å². The molecule has 1 N–H and O–H groups in total.